The van der Waals surface area contributed by atoms with Crippen LogP contribution in [0.5, 0.6) is 5.75 Å². The number of carbonyl (C=O) groups is 1. The first-order valence-corrected chi connectivity index (χ1v) is 8.64. The van der Waals surface area contributed by atoms with E-state index in [-0.39, 0.29) is 11.1 Å². The quantitative estimate of drug-likeness (QED) is 0.859. The molecule has 3 rings (SSSR count). The van der Waals surface area contributed by atoms with Gasteiger partial charge in [0.1, 0.15) is 11.5 Å². The number of halogens is 3. The number of benzene rings is 2. The highest BCUT2D eigenvalue weighted by atomic mass is 19.4. The normalized spacial score (nSPS) is 19.5. The van der Waals surface area contributed by atoms with Crippen molar-refractivity contribution in [3.63, 3.8) is 0 Å². The van der Waals surface area contributed by atoms with Gasteiger partial charge < -0.3 is 9.84 Å². The Morgan fingerprint density at radius 1 is 1.18 bits per heavy atom. The molecule has 1 N–H and O–H groups in total. The lowest BCUT2D eigenvalue weighted by Gasteiger charge is -2.31. The number of nitrogens with zero attached hydrogens (tertiary/aromatic N) is 2. The SMILES string of the molecule is CCc1ccc(C2(O)CC(C(F)(F)F)=NN2C(=O)c2ccc(OC)cc2)cc1. The topological polar surface area (TPSA) is 62.1 Å². The summed E-state index contributed by atoms with van der Waals surface area (Å²) in [7, 11) is 1.45. The molecule has 8 heteroatoms. The Bertz CT molecular complexity index is 892. The molecule has 148 valence electrons. The number of hydrazone groups is 1. The van der Waals surface area contributed by atoms with Crippen LogP contribution in [0.15, 0.2) is 53.6 Å². The maximum atomic E-state index is 13.3. The molecule has 0 aliphatic carbocycles. The van der Waals surface area contributed by atoms with Gasteiger partial charge in [-0.3, -0.25) is 4.79 Å². The number of aliphatic hydroxyl groups is 1. The maximum absolute atomic E-state index is 13.3. The number of hydrogen-bond donors (Lipinski definition) is 1. The summed E-state index contributed by atoms with van der Waals surface area (Å²) in [5.41, 5.74) is -2.24. The standard InChI is InChI=1S/C20H19F3N2O3/c1-3-13-4-8-15(9-5-13)19(27)12-17(20(21,22)23)24-25(19)18(26)14-6-10-16(28-2)11-7-14/h4-11,27H,3,12H2,1-2H3. The Morgan fingerprint density at radius 3 is 2.29 bits per heavy atom. The Labute approximate surface area is 160 Å². The average Bonchev–Trinajstić information content (AvgIpc) is 3.06. The molecule has 1 amide bonds. The molecule has 1 aliphatic rings. The van der Waals surface area contributed by atoms with Crippen LogP contribution in [0.2, 0.25) is 0 Å². The van der Waals surface area contributed by atoms with E-state index in [0.29, 0.717) is 10.8 Å². The van der Waals surface area contributed by atoms with Gasteiger partial charge in [-0.15, -0.1) is 0 Å². The van der Waals surface area contributed by atoms with E-state index in [1.54, 1.807) is 12.1 Å². The van der Waals surface area contributed by atoms with Crippen molar-refractivity contribution in [2.75, 3.05) is 7.11 Å². The molecule has 1 aliphatic heterocycles. The molecule has 1 heterocycles. The second-order valence-electron chi connectivity index (χ2n) is 6.43. The summed E-state index contributed by atoms with van der Waals surface area (Å²) in [6.45, 7) is 1.93. The summed E-state index contributed by atoms with van der Waals surface area (Å²) in [4.78, 5) is 12.9. The first-order valence-electron chi connectivity index (χ1n) is 8.64. The summed E-state index contributed by atoms with van der Waals surface area (Å²) in [6.07, 6.45) is -4.87. The molecule has 0 radical (unpaired) electrons. The Kier molecular flexibility index (Phi) is 5.16. The molecule has 1 atom stereocenters. The number of amides is 1. The lowest BCUT2D eigenvalue weighted by molar-refractivity contribution is -0.0816. The van der Waals surface area contributed by atoms with Gasteiger partial charge in [-0.25, -0.2) is 0 Å². The summed E-state index contributed by atoms with van der Waals surface area (Å²) in [5.74, 6) is -0.355. The van der Waals surface area contributed by atoms with Gasteiger partial charge in [-0.1, -0.05) is 31.2 Å². The number of methoxy groups -OCH3 is 1. The molecule has 0 bridgehead atoms. The van der Waals surface area contributed by atoms with E-state index in [0.717, 1.165) is 12.0 Å². The van der Waals surface area contributed by atoms with Crippen LogP contribution >= 0.6 is 0 Å². The number of hydrogen-bond acceptors (Lipinski definition) is 4. The van der Waals surface area contributed by atoms with Crippen LogP contribution < -0.4 is 4.74 Å². The van der Waals surface area contributed by atoms with E-state index < -0.39 is 29.9 Å². The van der Waals surface area contributed by atoms with Crippen molar-refractivity contribution >= 4 is 11.6 Å². The molecule has 5 nitrogen and oxygen atoms in total. The van der Waals surface area contributed by atoms with Crippen molar-refractivity contribution in [2.45, 2.75) is 31.7 Å². The highest BCUT2D eigenvalue weighted by molar-refractivity contribution is 5.99. The summed E-state index contributed by atoms with van der Waals surface area (Å²) >= 11 is 0. The van der Waals surface area contributed by atoms with Crippen LogP contribution in [0, 0.1) is 0 Å². The summed E-state index contributed by atoms with van der Waals surface area (Å²) < 4.78 is 44.9. The molecular weight excluding hydrogens is 373 g/mol. The molecular formula is C20H19F3N2O3. The predicted molar refractivity (Wildman–Crippen MR) is 97.0 cm³/mol. The van der Waals surface area contributed by atoms with Crippen LogP contribution in [0.4, 0.5) is 13.2 Å². The van der Waals surface area contributed by atoms with Crippen molar-refractivity contribution in [3.8, 4) is 5.75 Å². The van der Waals surface area contributed by atoms with Gasteiger partial charge in [0, 0.05) is 11.1 Å². The second-order valence-corrected chi connectivity index (χ2v) is 6.43. The van der Waals surface area contributed by atoms with E-state index in [1.165, 1.54) is 43.5 Å². The van der Waals surface area contributed by atoms with Gasteiger partial charge in [0.05, 0.1) is 13.5 Å². The van der Waals surface area contributed by atoms with Crippen LogP contribution in [0.3, 0.4) is 0 Å². The molecule has 0 aromatic heterocycles. The lowest BCUT2D eigenvalue weighted by atomic mass is 9.95. The van der Waals surface area contributed by atoms with Gasteiger partial charge in [-0.2, -0.15) is 23.3 Å². The highest BCUT2D eigenvalue weighted by Crippen LogP contribution is 2.40. The third kappa shape index (κ3) is 3.60. The van der Waals surface area contributed by atoms with Crippen molar-refractivity contribution in [3.05, 3.63) is 65.2 Å². The zero-order valence-corrected chi connectivity index (χ0v) is 15.3. The predicted octanol–water partition coefficient (Wildman–Crippen LogP) is 3.87. The van der Waals surface area contributed by atoms with Gasteiger partial charge in [0.2, 0.25) is 0 Å². The fourth-order valence-electron chi connectivity index (χ4n) is 3.01. The van der Waals surface area contributed by atoms with Gasteiger partial charge in [0.25, 0.3) is 5.91 Å². The minimum Gasteiger partial charge on any atom is -0.497 e. The van der Waals surface area contributed by atoms with E-state index in [9.17, 15) is 23.1 Å². The smallest absolute Gasteiger partial charge is 0.431 e. The van der Waals surface area contributed by atoms with Crippen molar-refractivity contribution in [1.29, 1.82) is 0 Å². The molecule has 0 spiro atoms. The van der Waals surface area contributed by atoms with Gasteiger partial charge >= 0.3 is 6.18 Å². The number of aryl methyl sites for hydroxylation is 1. The fourth-order valence-corrected chi connectivity index (χ4v) is 3.01. The Balaban J connectivity index is 2.03. The van der Waals surface area contributed by atoms with E-state index in [1.807, 2.05) is 6.92 Å². The van der Waals surface area contributed by atoms with Crippen LogP contribution in [-0.2, 0) is 12.1 Å². The van der Waals surface area contributed by atoms with Crippen molar-refractivity contribution in [2.24, 2.45) is 5.10 Å². The Morgan fingerprint density at radius 2 is 1.79 bits per heavy atom. The zero-order valence-electron chi connectivity index (χ0n) is 15.3. The molecule has 0 saturated heterocycles. The van der Waals surface area contributed by atoms with Crippen LogP contribution in [0.25, 0.3) is 0 Å². The van der Waals surface area contributed by atoms with E-state index in [4.69, 9.17) is 4.74 Å². The molecule has 0 fully saturated rings. The number of alkyl halides is 3. The molecule has 0 saturated carbocycles. The monoisotopic (exact) mass is 392 g/mol. The second kappa shape index (κ2) is 7.27. The first kappa shape index (κ1) is 19.9. The summed E-state index contributed by atoms with van der Waals surface area (Å²) in [5, 5.41) is 15.1. The van der Waals surface area contributed by atoms with E-state index >= 15 is 0 Å². The summed E-state index contributed by atoms with van der Waals surface area (Å²) in [6, 6.07) is 12.3. The molecule has 2 aromatic carbocycles. The van der Waals surface area contributed by atoms with E-state index in [2.05, 4.69) is 5.10 Å². The third-order valence-corrected chi connectivity index (χ3v) is 4.67. The highest BCUT2D eigenvalue weighted by Gasteiger charge is 2.53. The minimum atomic E-state index is -4.76. The maximum Gasteiger partial charge on any atom is 0.431 e. The van der Waals surface area contributed by atoms with Crippen LogP contribution in [0.1, 0.15) is 34.8 Å². The first-order chi connectivity index (χ1) is 13.2. The lowest BCUT2D eigenvalue weighted by Crippen LogP contribution is -2.43. The fraction of sp³-hybridized carbons (Fsp3) is 0.300. The largest absolute Gasteiger partial charge is 0.497 e. The Hall–Kier alpha value is -2.87. The van der Waals surface area contributed by atoms with Crippen molar-refractivity contribution in [1.82, 2.24) is 5.01 Å². The molecule has 2 aromatic rings. The van der Waals surface area contributed by atoms with Gasteiger partial charge in [-0.05, 0) is 36.2 Å². The molecule has 28 heavy (non-hydrogen) atoms. The zero-order chi connectivity index (χ0) is 20.5. The van der Waals surface area contributed by atoms with Crippen molar-refractivity contribution < 1.29 is 27.8 Å². The average molecular weight is 392 g/mol. The molecule has 1 unspecified atom stereocenters. The van der Waals surface area contributed by atoms with Gasteiger partial charge in [0.15, 0.2) is 5.72 Å². The minimum absolute atomic E-state index is 0.0802. The number of rotatable bonds is 4. The van der Waals surface area contributed by atoms with Crippen LogP contribution in [-0.4, -0.2) is 35.0 Å². The third-order valence-electron chi connectivity index (χ3n) is 4.67. The number of ether oxygens (including phenoxy) is 1. The number of carbonyl (C=O) groups excluding carboxylic acids is 1.